The van der Waals surface area contributed by atoms with Crippen LogP contribution in [0.1, 0.15) is 12.5 Å². The molecule has 0 unspecified atom stereocenters. The molecule has 2 aromatic rings. The summed E-state index contributed by atoms with van der Waals surface area (Å²) in [6.45, 7) is 1.96. The summed E-state index contributed by atoms with van der Waals surface area (Å²) in [5.74, 6) is 1.13. The normalized spacial score (nSPS) is 10.8. The highest BCUT2D eigenvalue weighted by Crippen LogP contribution is 2.31. The number of pyridine rings is 1. The van der Waals surface area contributed by atoms with Crippen molar-refractivity contribution in [3.8, 4) is 11.6 Å². The van der Waals surface area contributed by atoms with Gasteiger partial charge in [0.15, 0.2) is 0 Å². The Morgan fingerprint density at radius 2 is 2.11 bits per heavy atom. The van der Waals surface area contributed by atoms with Gasteiger partial charge in [0.2, 0.25) is 5.88 Å². The van der Waals surface area contributed by atoms with Gasteiger partial charge in [-0.15, -0.1) is 0 Å². The number of aromatic nitrogens is 1. The van der Waals surface area contributed by atoms with E-state index < -0.39 is 0 Å². The molecule has 0 bridgehead atoms. The van der Waals surface area contributed by atoms with E-state index in [0.29, 0.717) is 10.9 Å². The quantitative estimate of drug-likeness (QED) is 0.762. The SMILES string of the molecule is C/C=C/c1ccccc1Oc1ncc(Br)cc1Cl. The van der Waals surface area contributed by atoms with Crippen LogP contribution in [0.25, 0.3) is 6.08 Å². The van der Waals surface area contributed by atoms with Gasteiger partial charge in [-0.05, 0) is 35.0 Å². The number of hydrogen-bond acceptors (Lipinski definition) is 2. The number of ether oxygens (including phenoxy) is 1. The van der Waals surface area contributed by atoms with Gasteiger partial charge in [-0.3, -0.25) is 0 Å². The fourth-order valence-corrected chi connectivity index (χ4v) is 2.14. The van der Waals surface area contributed by atoms with E-state index in [1.54, 1.807) is 12.3 Å². The summed E-state index contributed by atoms with van der Waals surface area (Å²) in [6, 6.07) is 9.48. The lowest BCUT2D eigenvalue weighted by atomic mass is 10.2. The zero-order valence-electron chi connectivity index (χ0n) is 9.73. The van der Waals surface area contributed by atoms with Crippen LogP contribution in [0.2, 0.25) is 5.02 Å². The third-order valence-electron chi connectivity index (χ3n) is 2.25. The van der Waals surface area contributed by atoms with E-state index in [1.165, 1.54) is 0 Å². The fourth-order valence-electron chi connectivity index (χ4n) is 1.47. The monoisotopic (exact) mass is 323 g/mol. The van der Waals surface area contributed by atoms with Crippen LogP contribution in [0.3, 0.4) is 0 Å². The van der Waals surface area contributed by atoms with Gasteiger partial charge in [-0.25, -0.2) is 4.98 Å². The van der Waals surface area contributed by atoms with Crippen LogP contribution in [0.15, 0.2) is 47.1 Å². The molecule has 0 aliphatic carbocycles. The molecule has 0 amide bonds. The first kappa shape index (κ1) is 13.1. The van der Waals surface area contributed by atoms with Crippen molar-refractivity contribution >= 4 is 33.6 Å². The van der Waals surface area contributed by atoms with E-state index >= 15 is 0 Å². The number of para-hydroxylation sites is 1. The van der Waals surface area contributed by atoms with Crippen LogP contribution in [0.5, 0.6) is 11.6 Å². The van der Waals surface area contributed by atoms with Gasteiger partial charge in [0.25, 0.3) is 0 Å². The van der Waals surface area contributed by atoms with Gasteiger partial charge in [0.05, 0.1) is 0 Å². The first-order valence-corrected chi connectivity index (χ1v) is 6.58. The Morgan fingerprint density at radius 1 is 1.33 bits per heavy atom. The Balaban J connectivity index is 2.34. The first-order valence-electron chi connectivity index (χ1n) is 5.41. The summed E-state index contributed by atoms with van der Waals surface area (Å²) in [5.41, 5.74) is 0.987. The zero-order chi connectivity index (χ0) is 13.0. The van der Waals surface area contributed by atoms with E-state index in [0.717, 1.165) is 15.8 Å². The minimum absolute atomic E-state index is 0.400. The summed E-state index contributed by atoms with van der Waals surface area (Å²) >= 11 is 9.38. The Hall–Kier alpha value is -1.32. The predicted molar refractivity (Wildman–Crippen MR) is 78.2 cm³/mol. The van der Waals surface area contributed by atoms with E-state index in [-0.39, 0.29) is 0 Å². The molecular formula is C14H11BrClNO. The zero-order valence-corrected chi connectivity index (χ0v) is 12.1. The van der Waals surface area contributed by atoms with Crippen LogP contribution in [-0.4, -0.2) is 4.98 Å². The summed E-state index contributed by atoms with van der Waals surface area (Å²) in [5, 5.41) is 0.472. The second-order valence-corrected chi connectivity index (χ2v) is 4.90. The summed E-state index contributed by atoms with van der Waals surface area (Å²) in [6.07, 6.45) is 5.58. The van der Waals surface area contributed by atoms with Crippen LogP contribution in [0.4, 0.5) is 0 Å². The summed E-state index contributed by atoms with van der Waals surface area (Å²) in [7, 11) is 0. The Kier molecular flexibility index (Phi) is 4.39. The minimum Gasteiger partial charge on any atom is -0.437 e. The molecule has 2 nitrogen and oxygen atoms in total. The van der Waals surface area contributed by atoms with Crippen molar-refractivity contribution < 1.29 is 4.74 Å². The molecule has 0 fully saturated rings. The van der Waals surface area contributed by atoms with Crippen molar-refractivity contribution in [3.05, 3.63) is 57.7 Å². The molecule has 1 aromatic carbocycles. The van der Waals surface area contributed by atoms with Crippen molar-refractivity contribution in [2.24, 2.45) is 0 Å². The maximum atomic E-state index is 6.07. The van der Waals surface area contributed by atoms with Gasteiger partial charge in [0.1, 0.15) is 10.8 Å². The Morgan fingerprint density at radius 3 is 2.83 bits per heavy atom. The smallest absolute Gasteiger partial charge is 0.238 e. The molecule has 1 aromatic heterocycles. The van der Waals surface area contributed by atoms with Crippen molar-refractivity contribution in [3.63, 3.8) is 0 Å². The number of allylic oxidation sites excluding steroid dienone is 1. The minimum atomic E-state index is 0.400. The molecule has 0 atom stereocenters. The number of halogens is 2. The van der Waals surface area contributed by atoms with E-state index in [2.05, 4.69) is 20.9 Å². The van der Waals surface area contributed by atoms with Crippen molar-refractivity contribution in [2.75, 3.05) is 0 Å². The molecule has 2 rings (SSSR count). The van der Waals surface area contributed by atoms with E-state index in [1.807, 2.05) is 43.3 Å². The number of hydrogen-bond donors (Lipinski definition) is 0. The highest BCUT2D eigenvalue weighted by molar-refractivity contribution is 9.10. The summed E-state index contributed by atoms with van der Waals surface area (Å²) in [4.78, 5) is 4.15. The molecular weight excluding hydrogens is 314 g/mol. The highest BCUT2D eigenvalue weighted by Gasteiger charge is 2.07. The molecule has 0 aliphatic heterocycles. The van der Waals surface area contributed by atoms with Crippen LogP contribution in [-0.2, 0) is 0 Å². The lowest BCUT2D eigenvalue weighted by Crippen LogP contribution is -1.91. The number of benzene rings is 1. The maximum absolute atomic E-state index is 6.07. The summed E-state index contributed by atoms with van der Waals surface area (Å²) < 4.78 is 6.55. The topological polar surface area (TPSA) is 22.1 Å². The second-order valence-electron chi connectivity index (χ2n) is 3.58. The third-order valence-corrected chi connectivity index (χ3v) is 2.95. The first-order chi connectivity index (χ1) is 8.70. The standard InChI is InChI=1S/C14H11BrClNO/c1-2-5-10-6-3-4-7-13(10)18-14-12(16)8-11(15)9-17-14/h2-9H,1H3/b5-2+. The van der Waals surface area contributed by atoms with Crippen molar-refractivity contribution in [2.45, 2.75) is 6.92 Å². The average Bonchev–Trinajstić information content (AvgIpc) is 2.35. The van der Waals surface area contributed by atoms with Gasteiger partial charge in [-0.2, -0.15) is 0 Å². The Bertz CT molecular complexity index is 584. The van der Waals surface area contributed by atoms with Gasteiger partial charge < -0.3 is 4.74 Å². The van der Waals surface area contributed by atoms with Crippen molar-refractivity contribution in [1.82, 2.24) is 4.98 Å². The second kappa shape index (κ2) is 6.03. The van der Waals surface area contributed by atoms with E-state index in [4.69, 9.17) is 16.3 Å². The molecule has 0 aliphatic rings. The number of nitrogens with zero attached hydrogens (tertiary/aromatic N) is 1. The third kappa shape index (κ3) is 3.12. The van der Waals surface area contributed by atoms with Crippen LogP contribution >= 0.6 is 27.5 Å². The highest BCUT2D eigenvalue weighted by atomic mass is 79.9. The molecule has 92 valence electrons. The van der Waals surface area contributed by atoms with Crippen LogP contribution in [0, 0.1) is 0 Å². The van der Waals surface area contributed by atoms with Gasteiger partial charge in [0, 0.05) is 16.2 Å². The lowest BCUT2D eigenvalue weighted by Gasteiger charge is -2.09. The average molecular weight is 325 g/mol. The molecule has 0 saturated heterocycles. The fraction of sp³-hybridized carbons (Fsp3) is 0.0714. The lowest BCUT2D eigenvalue weighted by molar-refractivity contribution is 0.462. The molecule has 0 N–H and O–H groups in total. The number of rotatable bonds is 3. The van der Waals surface area contributed by atoms with Crippen LogP contribution < -0.4 is 4.74 Å². The molecule has 0 radical (unpaired) electrons. The largest absolute Gasteiger partial charge is 0.437 e. The van der Waals surface area contributed by atoms with Crippen molar-refractivity contribution in [1.29, 1.82) is 0 Å². The van der Waals surface area contributed by atoms with Gasteiger partial charge >= 0.3 is 0 Å². The molecule has 18 heavy (non-hydrogen) atoms. The van der Waals surface area contributed by atoms with Gasteiger partial charge in [-0.1, -0.05) is 42.0 Å². The van der Waals surface area contributed by atoms with E-state index in [9.17, 15) is 0 Å². The molecule has 4 heteroatoms. The maximum Gasteiger partial charge on any atom is 0.238 e. The predicted octanol–water partition coefficient (Wildman–Crippen LogP) is 5.32. The molecule has 0 spiro atoms. The Labute approximate surface area is 119 Å². The molecule has 1 heterocycles. The molecule has 0 saturated carbocycles.